The van der Waals surface area contributed by atoms with Crippen LogP contribution in [0.2, 0.25) is 0 Å². The number of nitrogens with zero attached hydrogens (tertiary/aromatic N) is 4. The molecule has 3 aromatic rings. The maximum atomic E-state index is 12.5. The van der Waals surface area contributed by atoms with E-state index >= 15 is 0 Å². The lowest BCUT2D eigenvalue weighted by Gasteiger charge is -2.54. The zero-order valence-electron chi connectivity index (χ0n) is 19.2. The summed E-state index contributed by atoms with van der Waals surface area (Å²) < 4.78 is 5.80. The lowest BCUT2D eigenvalue weighted by molar-refractivity contribution is 0.0658. The van der Waals surface area contributed by atoms with E-state index in [0.717, 1.165) is 67.6 Å². The van der Waals surface area contributed by atoms with Gasteiger partial charge in [-0.1, -0.05) is 0 Å². The number of hydrogen-bond donors (Lipinski definition) is 2. The molecule has 0 bridgehead atoms. The standard InChI is InChI=1S/C25H28N6O3/c1-26-25(33)18-5-4-16(13-27-18)31-9-8-30(20-6-7-21(20)31)14-15-11-19-22(28-12-15)23-17(24(32)29-19)3-2-10-34-23/h4-5,11-13,20-21H,2-3,6-10,14H2,1H3,(H,26,33)(H,29,32)/t20-,21+/m0/s1. The number of amides is 1. The Kier molecular flexibility index (Phi) is 5.21. The SMILES string of the molecule is CNC(=O)c1ccc(N2CCN(Cc3cnc4c5c(c(=O)[nH]c4c3)CCCO5)[C@H]3CC[C@H]32)cn1. The van der Waals surface area contributed by atoms with Crippen molar-refractivity contribution < 1.29 is 9.53 Å². The number of piperazine rings is 1. The number of carbonyl (C=O) groups is 1. The fourth-order valence-corrected chi connectivity index (χ4v) is 5.51. The highest BCUT2D eigenvalue weighted by atomic mass is 16.5. The lowest BCUT2D eigenvalue weighted by atomic mass is 9.81. The molecule has 176 valence electrons. The van der Waals surface area contributed by atoms with Gasteiger partial charge in [-0.3, -0.25) is 19.5 Å². The van der Waals surface area contributed by atoms with Gasteiger partial charge in [0.05, 0.1) is 29.6 Å². The van der Waals surface area contributed by atoms with E-state index in [0.29, 0.717) is 35.7 Å². The van der Waals surface area contributed by atoms with Gasteiger partial charge >= 0.3 is 0 Å². The first kappa shape index (κ1) is 21.1. The number of rotatable bonds is 4. The van der Waals surface area contributed by atoms with Gasteiger partial charge in [0.1, 0.15) is 11.2 Å². The second-order valence-corrected chi connectivity index (χ2v) is 9.31. The number of carbonyl (C=O) groups excluding carboxylic acids is 1. The summed E-state index contributed by atoms with van der Waals surface area (Å²) in [5.74, 6) is 0.482. The highest BCUT2D eigenvalue weighted by molar-refractivity contribution is 5.92. The molecule has 2 N–H and O–H groups in total. The van der Waals surface area contributed by atoms with Crippen molar-refractivity contribution in [2.24, 2.45) is 0 Å². The van der Waals surface area contributed by atoms with Crippen LogP contribution in [0.5, 0.6) is 5.75 Å². The second-order valence-electron chi connectivity index (χ2n) is 9.31. The predicted molar refractivity (Wildman–Crippen MR) is 128 cm³/mol. The molecule has 2 aliphatic heterocycles. The van der Waals surface area contributed by atoms with Gasteiger partial charge in [-0.2, -0.15) is 0 Å². The van der Waals surface area contributed by atoms with Crippen molar-refractivity contribution >= 4 is 22.6 Å². The van der Waals surface area contributed by atoms with E-state index in [1.54, 1.807) is 13.1 Å². The largest absolute Gasteiger partial charge is 0.491 e. The molecule has 0 unspecified atom stereocenters. The molecular formula is C25H28N6O3. The molecule has 0 aromatic carbocycles. The molecule has 5 heterocycles. The highest BCUT2D eigenvalue weighted by Crippen LogP contribution is 2.37. The van der Waals surface area contributed by atoms with Crippen molar-refractivity contribution in [3.8, 4) is 5.75 Å². The van der Waals surface area contributed by atoms with Crippen LogP contribution in [0.15, 0.2) is 35.4 Å². The number of H-pyrrole nitrogens is 1. The van der Waals surface area contributed by atoms with E-state index in [2.05, 4.69) is 30.1 Å². The Labute approximate surface area is 197 Å². The first-order chi connectivity index (χ1) is 16.6. The molecule has 1 saturated heterocycles. The van der Waals surface area contributed by atoms with E-state index < -0.39 is 0 Å². The van der Waals surface area contributed by atoms with Crippen molar-refractivity contribution in [3.05, 3.63) is 57.8 Å². The van der Waals surface area contributed by atoms with Gasteiger partial charge in [-0.25, -0.2) is 4.98 Å². The number of hydrogen-bond acceptors (Lipinski definition) is 7. The van der Waals surface area contributed by atoms with Crippen LogP contribution in [0.3, 0.4) is 0 Å². The summed E-state index contributed by atoms with van der Waals surface area (Å²) in [6.07, 6.45) is 7.63. The minimum Gasteiger partial charge on any atom is -0.491 e. The van der Waals surface area contributed by atoms with Gasteiger partial charge in [0.15, 0.2) is 5.75 Å². The maximum Gasteiger partial charge on any atom is 0.269 e. The molecule has 9 nitrogen and oxygen atoms in total. The highest BCUT2D eigenvalue weighted by Gasteiger charge is 2.43. The van der Waals surface area contributed by atoms with Gasteiger partial charge in [0.25, 0.3) is 11.5 Å². The van der Waals surface area contributed by atoms with Crippen LogP contribution in [-0.2, 0) is 13.0 Å². The number of aromatic amines is 1. The Morgan fingerprint density at radius 1 is 1.21 bits per heavy atom. The lowest BCUT2D eigenvalue weighted by Crippen LogP contribution is -2.64. The number of anilines is 1. The van der Waals surface area contributed by atoms with Crippen LogP contribution in [0.4, 0.5) is 5.69 Å². The Morgan fingerprint density at radius 3 is 2.85 bits per heavy atom. The third-order valence-corrected chi connectivity index (χ3v) is 7.40. The Hall–Kier alpha value is -3.46. The molecule has 0 spiro atoms. The number of aromatic nitrogens is 3. The van der Waals surface area contributed by atoms with Crippen molar-refractivity contribution in [2.75, 3.05) is 31.6 Å². The summed E-state index contributed by atoms with van der Waals surface area (Å²) >= 11 is 0. The molecule has 9 heteroatoms. The predicted octanol–water partition coefficient (Wildman–Crippen LogP) is 1.86. The van der Waals surface area contributed by atoms with Crippen molar-refractivity contribution in [1.82, 2.24) is 25.2 Å². The minimum atomic E-state index is -0.171. The number of ether oxygens (including phenoxy) is 1. The summed E-state index contributed by atoms with van der Waals surface area (Å²) in [5, 5.41) is 2.61. The monoisotopic (exact) mass is 460 g/mol. The number of fused-ring (bicyclic) bond motifs is 4. The average Bonchev–Trinajstić information content (AvgIpc) is 2.84. The van der Waals surface area contributed by atoms with Crippen molar-refractivity contribution in [1.29, 1.82) is 0 Å². The zero-order chi connectivity index (χ0) is 23.2. The van der Waals surface area contributed by atoms with Crippen LogP contribution >= 0.6 is 0 Å². The van der Waals surface area contributed by atoms with Crippen LogP contribution in [0.1, 0.15) is 40.9 Å². The fourth-order valence-electron chi connectivity index (χ4n) is 5.51. The molecule has 1 amide bonds. The van der Waals surface area contributed by atoms with E-state index in [9.17, 15) is 9.59 Å². The third kappa shape index (κ3) is 3.51. The normalized spacial score (nSPS) is 21.9. The van der Waals surface area contributed by atoms with Crippen molar-refractivity contribution in [3.63, 3.8) is 0 Å². The van der Waals surface area contributed by atoms with Gasteiger partial charge in [0.2, 0.25) is 0 Å². The fraction of sp³-hybridized carbons (Fsp3) is 0.440. The number of pyridine rings is 3. The molecule has 1 saturated carbocycles. The second kappa shape index (κ2) is 8.39. The van der Waals surface area contributed by atoms with Gasteiger partial charge in [-0.15, -0.1) is 0 Å². The summed E-state index contributed by atoms with van der Waals surface area (Å²) in [6, 6.07) is 6.74. The molecule has 0 radical (unpaired) electrons. The first-order valence-corrected chi connectivity index (χ1v) is 12.0. The topological polar surface area (TPSA) is 103 Å². The quantitative estimate of drug-likeness (QED) is 0.613. The summed E-state index contributed by atoms with van der Waals surface area (Å²) in [7, 11) is 1.61. The summed E-state index contributed by atoms with van der Waals surface area (Å²) in [5.41, 5.74) is 4.73. The van der Waals surface area contributed by atoms with Crippen LogP contribution in [0, 0.1) is 0 Å². The first-order valence-electron chi connectivity index (χ1n) is 12.0. The van der Waals surface area contributed by atoms with E-state index in [1.165, 1.54) is 0 Å². The van der Waals surface area contributed by atoms with Crippen molar-refractivity contribution in [2.45, 2.75) is 44.3 Å². The molecule has 2 atom stereocenters. The molecule has 3 aromatic heterocycles. The summed E-state index contributed by atoms with van der Waals surface area (Å²) in [6.45, 7) is 3.26. The smallest absolute Gasteiger partial charge is 0.269 e. The van der Waals surface area contributed by atoms with Gasteiger partial charge in [-0.05, 0) is 49.4 Å². The Balaban J connectivity index is 1.19. The van der Waals surface area contributed by atoms with Crippen LogP contribution < -0.4 is 20.5 Å². The Bertz CT molecular complexity index is 1300. The van der Waals surface area contributed by atoms with Crippen LogP contribution in [-0.4, -0.2) is 64.6 Å². The maximum absolute atomic E-state index is 12.5. The van der Waals surface area contributed by atoms with E-state index in [-0.39, 0.29) is 11.5 Å². The van der Waals surface area contributed by atoms with Gasteiger partial charge in [0, 0.05) is 45.0 Å². The molecule has 34 heavy (non-hydrogen) atoms. The number of nitrogens with one attached hydrogen (secondary N) is 2. The molecule has 2 fully saturated rings. The minimum absolute atomic E-state index is 0.0649. The van der Waals surface area contributed by atoms with E-state index in [4.69, 9.17) is 4.74 Å². The summed E-state index contributed by atoms with van der Waals surface area (Å²) in [4.78, 5) is 41.3. The average molecular weight is 461 g/mol. The molecular weight excluding hydrogens is 432 g/mol. The van der Waals surface area contributed by atoms with Gasteiger partial charge < -0.3 is 19.9 Å². The molecule has 6 rings (SSSR count). The third-order valence-electron chi connectivity index (χ3n) is 7.40. The molecule has 3 aliphatic rings. The Morgan fingerprint density at radius 2 is 2.09 bits per heavy atom. The van der Waals surface area contributed by atoms with E-state index in [1.807, 2.05) is 24.5 Å². The van der Waals surface area contributed by atoms with Crippen LogP contribution in [0.25, 0.3) is 11.0 Å². The molecule has 1 aliphatic carbocycles. The zero-order valence-corrected chi connectivity index (χ0v) is 19.2.